The highest BCUT2D eigenvalue weighted by atomic mass is 35.5. The molecule has 1 rings (SSSR count). The van der Waals surface area contributed by atoms with E-state index in [2.05, 4.69) is 11.9 Å². The van der Waals surface area contributed by atoms with Crippen molar-refractivity contribution < 1.29 is 17.9 Å². The van der Waals surface area contributed by atoms with Crippen molar-refractivity contribution in [2.45, 2.75) is 4.90 Å². The molecule has 19 heavy (non-hydrogen) atoms. The first-order valence-electron chi connectivity index (χ1n) is 5.17. The number of nitrogens with two attached hydrogens (primary N) is 1. The highest BCUT2D eigenvalue weighted by Gasteiger charge is 2.12. The molecule has 0 aliphatic heterocycles. The number of rotatable bonds is 6. The smallest absolute Gasteiger partial charge is 0.258 e. The Labute approximate surface area is 116 Å². The fourth-order valence-corrected chi connectivity index (χ4v) is 2.00. The van der Waals surface area contributed by atoms with Crippen LogP contribution in [-0.2, 0) is 14.8 Å². The Kier molecular flexibility index (Phi) is 5.34. The highest BCUT2D eigenvalue weighted by Crippen LogP contribution is 2.26. The summed E-state index contributed by atoms with van der Waals surface area (Å²) >= 11 is 5.83. The van der Waals surface area contributed by atoms with Crippen LogP contribution in [0, 0.1) is 0 Å². The van der Waals surface area contributed by atoms with E-state index in [1.54, 1.807) is 0 Å². The predicted octanol–water partition coefficient (Wildman–Crippen LogP) is 0.668. The van der Waals surface area contributed by atoms with E-state index < -0.39 is 10.0 Å². The molecule has 8 heteroatoms. The molecule has 1 aromatic rings. The highest BCUT2D eigenvalue weighted by molar-refractivity contribution is 7.89. The number of sulfonamides is 1. The van der Waals surface area contributed by atoms with Gasteiger partial charge in [0.2, 0.25) is 10.0 Å². The normalized spacial score (nSPS) is 10.8. The molecule has 0 aliphatic rings. The Hall–Kier alpha value is -1.57. The van der Waals surface area contributed by atoms with Crippen molar-refractivity contribution in [3.8, 4) is 5.75 Å². The van der Waals surface area contributed by atoms with Crippen LogP contribution < -0.4 is 15.2 Å². The van der Waals surface area contributed by atoms with Crippen LogP contribution in [-0.4, -0.2) is 27.5 Å². The number of halogens is 1. The first-order chi connectivity index (χ1) is 8.84. The maximum Gasteiger partial charge on any atom is 0.258 e. The van der Waals surface area contributed by atoms with E-state index in [0.717, 1.165) is 6.07 Å². The second-order valence-electron chi connectivity index (χ2n) is 3.52. The molecule has 1 amide bonds. The van der Waals surface area contributed by atoms with Gasteiger partial charge in [-0.05, 0) is 18.2 Å². The lowest BCUT2D eigenvalue weighted by Crippen LogP contribution is -2.28. The summed E-state index contributed by atoms with van der Waals surface area (Å²) in [6.45, 7) is 3.55. The minimum atomic E-state index is -3.82. The number of hydrogen-bond donors (Lipinski definition) is 2. The van der Waals surface area contributed by atoms with Crippen molar-refractivity contribution in [2.24, 2.45) is 5.14 Å². The average Bonchev–Trinajstić information content (AvgIpc) is 2.33. The third-order valence-corrected chi connectivity index (χ3v) is 3.24. The van der Waals surface area contributed by atoms with Gasteiger partial charge in [0.15, 0.2) is 6.61 Å². The van der Waals surface area contributed by atoms with Gasteiger partial charge in [-0.1, -0.05) is 17.7 Å². The second-order valence-corrected chi connectivity index (χ2v) is 5.49. The van der Waals surface area contributed by atoms with Gasteiger partial charge >= 0.3 is 0 Å². The molecule has 3 N–H and O–H groups in total. The zero-order chi connectivity index (χ0) is 14.5. The monoisotopic (exact) mass is 304 g/mol. The van der Waals surface area contributed by atoms with Crippen molar-refractivity contribution >= 4 is 27.5 Å². The van der Waals surface area contributed by atoms with E-state index in [9.17, 15) is 13.2 Å². The third-order valence-electron chi connectivity index (χ3n) is 2.03. The minimum absolute atomic E-state index is 0.0584. The van der Waals surface area contributed by atoms with Crippen LogP contribution >= 0.6 is 11.6 Å². The molecule has 0 radical (unpaired) electrons. The van der Waals surface area contributed by atoms with Crippen molar-refractivity contribution in [2.75, 3.05) is 13.2 Å². The summed E-state index contributed by atoms with van der Waals surface area (Å²) in [6.07, 6.45) is 1.53. The summed E-state index contributed by atoms with van der Waals surface area (Å²) in [4.78, 5) is 11.1. The van der Waals surface area contributed by atoms with E-state index in [0.29, 0.717) is 6.54 Å². The van der Waals surface area contributed by atoms with Crippen molar-refractivity contribution in [1.82, 2.24) is 5.32 Å². The fourth-order valence-electron chi connectivity index (χ4n) is 1.16. The Morgan fingerprint density at radius 2 is 2.21 bits per heavy atom. The van der Waals surface area contributed by atoms with E-state index >= 15 is 0 Å². The van der Waals surface area contributed by atoms with Gasteiger partial charge in [-0.2, -0.15) is 0 Å². The first-order valence-corrected chi connectivity index (χ1v) is 7.09. The SMILES string of the molecule is C=CCNC(=O)COc1ccc(S(N)(=O)=O)cc1Cl. The lowest BCUT2D eigenvalue weighted by molar-refractivity contribution is -0.122. The molecular formula is C11H13ClN2O4S. The maximum atomic E-state index is 11.3. The summed E-state index contributed by atoms with van der Waals surface area (Å²) in [6, 6.07) is 3.74. The molecule has 104 valence electrons. The van der Waals surface area contributed by atoms with E-state index in [1.165, 1.54) is 18.2 Å². The Morgan fingerprint density at radius 1 is 1.53 bits per heavy atom. The molecule has 0 saturated heterocycles. The topological polar surface area (TPSA) is 98.5 Å². The Morgan fingerprint density at radius 3 is 2.74 bits per heavy atom. The summed E-state index contributed by atoms with van der Waals surface area (Å²) in [7, 11) is -3.82. The van der Waals surface area contributed by atoms with Crippen molar-refractivity contribution in [3.05, 3.63) is 35.9 Å². The summed E-state index contributed by atoms with van der Waals surface area (Å²) in [5.41, 5.74) is 0. The molecule has 0 bridgehead atoms. The van der Waals surface area contributed by atoms with Crippen molar-refractivity contribution in [3.63, 3.8) is 0 Å². The van der Waals surface area contributed by atoms with Gasteiger partial charge in [0.25, 0.3) is 5.91 Å². The molecule has 0 aromatic heterocycles. The molecule has 0 fully saturated rings. The molecule has 0 saturated carbocycles. The molecular weight excluding hydrogens is 292 g/mol. The Balaban J connectivity index is 2.71. The van der Waals surface area contributed by atoms with Gasteiger partial charge < -0.3 is 10.1 Å². The number of ether oxygens (including phenoxy) is 1. The molecule has 0 atom stereocenters. The number of amides is 1. The lowest BCUT2D eigenvalue weighted by atomic mass is 10.3. The molecule has 0 unspecified atom stereocenters. The molecule has 6 nitrogen and oxygen atoms in total. The summed E-state index contributed by atoms with van der Waals surface area (Å²) in [5, 5.41) is 7.53. The minimum Gasteiger partial charge on any atom is -0.482 e. The number of primary sulfonamides is 1. The lowest BCUT2D eigenvalue weighted by Gasteiger charge is -2.08. The van der Waals surface area contributed by atoms with Crippen LogP contribution in [0.4, 0.5) is 0 Å². The van der Waals surface area contributed by atoms with Crippen LogP contribution in [0.3, 0.4) is 0 Å². The van der Waals surface area contributed by atoms with Crippen LogP contribution in [0.1, 0.15) is 0 Å². The number of hydrogen-bond acceptors (Lipinski definition) is 4. The van der Waals surface area contributed by atoms with E-state index in [4.69, 9.17) is 21.5 Å². The first kappa shape index (κ1) is 15.5. The molecule has 1 aromatic carbocycles. The van der Waals surface area contributed by atoms with E-state index in [-0.39, 0.29) is 28.2 Å². The number of carbonyl (C=O) groups is 1. The average molecular weight is 305 g/mol. The summed E-state index contributed by atoms with van der Waals surface area (Å²) in [5.74, 6) is -0.144. The van der Waals surface area contributed by atoms with Crippen LogP contribution in [0.2, 0.25) is 5.02 Å². The molecule has 0 aliphatic carbocycles. The quantitative estimate of drug-likeness (QED) is 0.755. The molecule has 0 heterocycles. The van der Waals surface area contributed by atoms with Gasteiger partial charge in [-0.3, -0.25) is 4.79 Å². The van der Waals surface area contributed by atoms with Gasteiger partial charge in [-0.15, -0.1) is 6.58 Å². The Bertz CT molecular complexity index is 586. The standard InChI is InChI=1S/C11H13ClN2O4S/c1-2-5-14-11(15)7-18-10-4-3-8(6-9(10)12)19(13,16)17/h2-4,6H,1,5,7H2,(H,14,15)(H2,13,16,17). The van der Waals surface area contributed by atoms with Crippen molar-refractivity contribution in [1.29, 1.82) is 0 Å². The fraction of sp³-hybridized carbons (Fsp3) is 0.182. The van der Waals surface area contributed by atoms with Crippen LogP contribution in [0.25, 0.3) is 0 Å². The van der Waals surface area contributed by atoms with Gasteiger partial charge in [0, 0.05) is 6.54 Å². The number of nitrogens with one attached hydrogen (secondary N) is 1. The predicted molar refractivity (Wildman–Crippen MR) is 71.5 cm³/mol. The molecule has 0 spiro atoms. The van der Waals surface area contributed by atoms with Gasteiger partial charge in [-0.25, -0.2) is 13.6 Å². The van der Waals surface area contributed by atoms with Gasteiger partial charge in [0.05, 0.1) is 9.92 Å². The second kappa shape index (κ2) is 6.55. The number of benzene rings is 1. The maximum absolute atomic E-state index is 11.3. The van der Waals surface area contributed by atoms with E-state index in [1.807, 2.05) is 0 Å². The van der Waals surface area contributed by atoms with Gasteiger partial charge in [0.1, 0.15) is 5.75 Å². The van der Waals surface area contributed by atoms with Crippen LogP contribution in [0.5, 0.6) is 5.75 Å². The summed E-state index contributed by atoms with van der Waals surface area (Å²) < 4.78 is 27.3. The number of carbonyl (C=O) groups excluding carboxylic acids is 1. The third kappa shape index (κ3) is 4.90. The van der Waals surface area contributed by atoms with Crippen LogP contribution in [0.15, 0.2) is 35.7 Å². The largest absolute Gasteiger partial charge is 0.482 e. The zero-order valence-corrected chi connectivity index (χ0v) is 11.5. The zero-order valence-electron chi connectivity index (χ0n) is 9.93.